The fraction of sp³-hybridized carbons (Fsp3) is 0.136. The van der Waals surface area contributed by atoms with Crippen LogP contribution < -0.4 is 14.3 Å². The number of thiazole rings is 1. The third kappa shape index (κ3) is 4.19. The highest BCUT2D eigenvalue weighted by Gasteiger charge is 2.14. The lowest BCUT2D eigenvalue weighted by Crippen LogP contribution is -2.12. The van der Waals surface area contributed by atoms with Crippen LogP contribution in [0.4, 0.5) is 5.69 Å². The molecular weight excluding hydrogens is 416 g/mol. The van der Waals surface area contributed by atoms with Crippen LogP contribution in [-0.4, -0.2) is 30.1 Å². The maximum atomic E-state index is 5.60. The first-order valence-corrected chi connectivity index (χ1v) is 10.9. The Morgan fingerprint density at radius 1 is 1.10 bits per heavy atom. The first kappa shape index (κ1) is 20.1. The molecule has 1 aromatic carbocycles. The number of pyridine rings is 1. The van der Waals surface area contributed by atoms with Gasteiger partial charge in [-0.1, -0.05) is 0 Å². The highest BCUT2D eigenvalue weighted by atomic mass is 32.1. The van der Waals surface area contributed by atoms with E-state index in [9.17, 15) is 0 Å². The van der Waals surface area contributed by atoms with Crippen LogP contribution in [0.25, 0.3) is 11.3 Å². The van der Waals surface area contributed by atoms with Crippen LogP contribution in [-0.2, 0) is 0 Å². The molecule has 0 spiro atoms. The lowest BCUT2D eigenvalue weighted by Gasteiger charge is -2.11. The van der Waals surface area contributed by atoms with E-state index in [1.54, 1.807) is 38.0 Å². The SMILES string of the molecule is COc1ccc(OC)c(-c2csc(=Nc3cccnc3)n2N=Cc2sccc2C)c1. The van der Waals surface area contributed by atoms with Crippen LogP contribution in [0.3, 0.4) is 0 Å². The van der Waals surface area contributed by atoms with Gasteiger partial charge in [-0.2, -0.15) is 5.10 Å². The predicted molar refractivity (Wildman–Crippen MR) is 122 cm³/mol. The Hall–Kier alpha value is -3.23. The number of aryl methyl sites for hydroxylation is 1. The van der Waals surface area contributed by atoms with E-state index in [0.29, 0.717) is 0 Å². The van der Waals surface area contributed by atoms with Crippen molar-refractivity contribution in [1.29, 1.82) is 0 Å². The molecule has 0 aliphatic carbocycles. The molecule has 3 aromatic heterocycles. The summed E-state index contributed by atoms with van der Waals surface area (Å²) in [5.41, 5.74) is 3.69. The zero-order valence-electron chi connectivity index (χ0n) is 16.8. The minimum atomic E-state index is 0.730. The minimum absolute atomic E-state index is 0.730. The summed E-state index contributed by atoms with van der Waals surface area (Å²) in [7, 11) is 3.30. The third-order valence-electron chi connectivity index (χ3n) is 4.43. The van der Waals surface area contributed by atoms with Crippen LogP contribution in [0.15, 0.2) is 69.6 Å². The summed E-state index contributed by atoms with van der Waals surface area (Å²) < 4.78 is 12.8. The number of rotatable bonds is 6. The second-order valence-electron chi connectivity index (χ2n) is 6.32. The second kappa shape index (κ2) is 9.06. The zero-order chi connectivity index (χ0) is 20.9. The Morgan fingerprint density at radius 3 is 2.70 bits per heavy atom. The molecule has 0 atom stereocenters. The normalized spacial score (nSPS) is 11.9. The van der Waals surface area contributed by atoms with Crippen molar-refractivity contribution < 1.29 is 9.47 Å². The van der Waals surface area contributed by atoms with Crippen molar-refractivity contribution in [3.63, 3.8) is 0 Å². The van der Waals surface area contributed by atoms with Crippen LogP contribution >= 0.6 is 22.7 Å². The molecule has 0 fully saturated rings. The van der Waals surface area contributed by atoms with Crippen LogP contribution in [0.2, 0.25) is 0 Å². The maximum absolute atomic E-state index is 5.60. The maximum Gasteiger partial charge on any atom is 0.211 e. The van der Waals surface area contributed by atoms with Crippen molar-refractivity contribution in [2.45, 2.75) is 6.92 Å². The summed E-state index contributed by atoms with van der Waals surface area (Å²) in [6, 6.07) is 11.6. The summed E-state index contributed by atoms with van der Waals surface area (Å²) in [5, 5.41) is 8.85. The third-order valence-corrected chi connectivity index (χ3v) is 6.20. The molecule has 0 aliphatic heterocycles. The predicted octanol–water partition coefficient (Wildman–Crippen LogP) is 5.11. The first-order valence-electron chi connectivity index (χ1n) is 9.15. The molecule has 0 N–H and O–H groups in total. The largest absolute Gasteiger partial charge is 0.497 e. The number of hydrogen-bond acceptors (Lipinski definition) is 7. The number of thiophene rings is 1. The number of hydrogen-bond donors (Lipinski definition) is 0. The van der Waals surface area contributed by atoms with Gasteiger partial charge >= 0.3 is 0 Å². The molecule has 0 amide bonds. The van der Waals surface area contributed by atoms with Gasteiger partial charge < -0.3 is 9.47 Å². The van der Waals surface area contributed by atoms with Crippen molar-refractivity contribution in [3.05, 3.63) is 74.8 Å². The Balaban J connectivity index is 1.91. The Labute approximate surface area is 182 Å². The standard InChI is InChI=1S/C22H20N4O2S2/c1-15-8-10-29-21(15)13-24-26-19(18-11-17(27-2)6-7-20(18)28-3)14-30-22(26)25-16-5-4-9-23-12-16/h4-14H,1-3H3. The van der Waals surface area contributed by atoms with Gasteiger partial charge in [0.05, 0.1) is 42.9 Å². The quantitative estimate of drug-likeness (QED) is 0.395. The number of aromatic nitrogens is 2. The lowest BCUT2D eigenvalue weighted by molar-refractivity contribution is 0.404. The highest BCUT2D eigenvalue weighted by Crippen LogP contribution is 2.34. The molecule has 3 heterocycles. The molecule has 0 radical (unpaired) electrons. The molecule has 6 nitrogen and oxygen atoms in total. The van der Waals surface area contributed by atoms with Crippen LogP contribution in [0.5, 0.6) is 11.5 Å². The van der Waals surface area contributed by atoms with E-state index in [0.717, 1.165) is 38.1 Å². The number of nitrogens with zero attached hydrogens (tertiary/aromatic N) is 4. The first-order chi connectivity index (χ1) is 14.7. The topological polar surface area (TPSA) is 61.0 Å². The van der Waals surface area contributed by atoms with Gasteiger partial charge in [0.2, 0.25) is 4.80 Å². The van der Waals surface area contributed by atoms with Gasteiger partial charge in [0.15, 0.2) is 0 Å². The van der Waals surface area contributed by atoms with E-state index < -0.39 is 0 Å². The number of benzene rings is 1. The number of ether oxygens (including phenoxy) is 2. The van der Waals surface area contributed by atoms with E-state index in [1.165, 1.54) is 16.9 Å². The molecule has 4 rings (SSSR count). The van der Waals surface area contributed by atoms with Crippen molar-refractivity contribution in [3.8, 4) is 22.8 Å². The van der Waals surface area contributed by atoms with E-state index in [4.69, 9.17) is 19.6 Å². The van der Waals surface area contributed by atoms with Gasteiger partial charge in [0.25, 0.3) is 0 Å². The fourth-order valence-corrected chi connectivity index (χ4v) is 4.47. The monoisotopic (exact) mass is 436 g/mol. The Bertz CT molecular complexity index is 1240. The van der Waals surface area contributed by atoms with Crippen molar-refractivity contribution in [2.75, 3.05) is 14.2 Å². The molecule has 0 bridgehead atoms. The molecule has 4 aromatic rings. The summed E-state index contributed by atoms with van der Waals surface area (Å²) in [6.07, 6.45) is 5.32. The smallest absolute Gasteiger partial charge is 0.211 e. The summed E-state index contributed by atoms with van der Waals surface area (Å²) >= 11 is 3.15. The molecule has 30 heavy (non-hydrogen) atoms. The average molecular weight is 437 g/mol. The molecule has 0 aliphatic rings. The van der Waals surface area contributed by atoms with Crippen molar-refractivity contribution in [1.82, 2.24) is 9.66 Å². The molecule has 0 unspecified atom stereocenters. The lowest BCUT2D eigenvalue weighted by atomic mass is 10.1. The molecular formula is C22H20N4O2S2. The van der Waals surface area contributed by atoms with Crippen molar-refractivity contribution in [2.24, 2.45) is 10.1 Å². The molecule has 152 valence electrons. The Kier molecular flexibility index (Phi) is 6.06. The summed E-state index contributed by atoms with van der Waals surface area (Å²) in [5.74, 6) is 1.48. The van der Waals surface area contributed by atoms with Gasteiger partial charge in [-0.3, -0.25) is 4.98 Å². The molecule has 0 saturated carbocycles. The zero-order valence-corrected chi connectivity index (χ0v) is 18.4. The van der Waals surface area contributed by atoms with Gasteiger partial charge in [-0.25, -0.2) is 9.67 Å². The van der Waals surface area contributed by atoms with E-state index in [1.807, 2.05) is 46.6 Å². The summed E-state index contributed by atoms with van der Waals surface area (Å²) in [4.78, 5) is 10.7. The van der Waals surface area contributed by atoms with E-state index >= 15 is 0 Å². The fourth-order valence-electron chi connectivity index (χ4n) is 2.85. The van der Waals surface area contributed by atoms with Gasteiger partial charge in [-0.05, 0) is 54.3 Å². The van der Waals surface area contributed by atoms with Gasteiger partial charge in [0.1, 0.15) is 11.5 Å². The second-order valence-corrected chi connectivity index (χ2v) is 8.10. The van der Waals surface area contributed by atoms with Gasteiger partial charge in [0, 0.05) is 17.1 Å². The van der Waals surface area contributed by atoms with E-state index in [-0.39, 0.29) is 0 Å². The molecule has 0 saturated heterocycles. The number of methoxy groups -OCH3 is 2. The van der Waals surface area contributed by atoms with E-state index in [2.05, 4.69) is 23.4 Å². The van der Waals surface area contributed by atoms with Crippen LogP contribution in [0.1, 0.15) is 10.4 Å². The minimum Gasteiger partial charge on any atom is -0.497 e. The average Bonchev–Trinajstić information content (AvgIpc) is 3.38. The summed E-state index contributed by atoms with van der Waals surface area (Å²) in [6.45, 7) is 2.07. The Morgan fingerprint density at radius 2 is 2.00 bits per heavy atom. The van der Waals surface area contributed by atoms with Gasteiger partial charge in [-0.15, -0.1) is 22.7 Å². The molecule has 8 heteroatoms. The van der Waals surface area contributed by atoms with Crippen LogP contribution in [0, 0.1) is 6.92 Å². The highest BCUT2D eigenvalue weighted by molar-refractivity contribution is 7.11. The van der Waals surface area contributed by atoms with Crippen molar-refractivity contribution >= 4 is 34.6 Å².